The van der Waals surface area contributed by atoms with Gasteiger partial charge in [0.1, 0.15) is 0 Å². The van der Waals surface area contributed by atoms with Crippen molar-refractivity contribution in [1.29, 1.82) is 0 Å². The molecule has 0 aromatic carbocycles. The molecule has 0 amide bonds. The Balaban J connectivity index is 2.06. The van der Waals surface area contributed by atoms with Gasteiger partial charge in [0.05, 0.1) is 19.3 Å². The predicted octanol–water partition coefficient (Wildman–Crippen LogP) is -0.254. The van der Waals surface area contributed by atoms with Crippen LogP contribution in [0.5, 0.6) is 0 Å². The van der Waals surface area contributed by atoms with Gasteiger partial charge in [-0.05, 0) is 13.3 Å². The first-order valence-electron chi connectivity index (χ1n) is 3.78. The average molecular weight is 145 g/mol. The van der Waals surface area contributed by atoms with Crippen molar-refractivity contribution < 1.29 is 9.84 Å². The summed E-state index contributed by atoms with van der Waals surface area (Å²) in [5.41, 5.74) is 0. The number of nitrogens with one attached hydrogen (secondary N) is 1. The summed E-state index contributed by atoms with van der Waals surface area (Å²) < 4.78 is 5.32. The molecule has 2 N–H and O–H groups in total. The normalized spacial score (nSPS) is 33.0. The SMILES string of the molecule is C[C@@H]1C[C@H](NCCO)CO1. The maximum atomic E-state index is 8.49. The molecule has 3 nitrogen and oxygen atoms in total. The molecular formula is C7H15NO2. The Morgan fingerprint density at radius 2 is 2.50 bits per heavy atom. The van der Waals surface area contributed by atoms with Gasteiger partial charge in [0, 0.05) is 12.6 Å². The molecule has 1 saturated heterocycles. The first-order valence-corrected chi connectivity index (χ1v) is 3.78. The second-order valence-corrected chi connectivity index (χ2v) is 2.75. The van der Waals surface area contributed by atoms with Gasteiger partial charge in [-0.15, -0.1) is 0 Å². The zero-order valence-corrected chi connectivity index (χ0v) is 6.34. The summed E-state index contributed by atoms with van der Waals surface area (Å²) >= 11 is 0. The number of aliphatic hydroxyl groups is 1. The van der Waals surface area contributed by atoms with Crippen LogP contribution in [0, 0.1) is 0 Å². The topological polar surface area (TPSA) is 41.5 Å². The van der Waals surface area contributed by atoms with Crippen molar-refractivity contribution in [1.82, 2.24) is 5.32 Å². The van der Waals surface area contributed by atoms with Crippen molar-refractivity contribution in [2.24, 2.45) is 0 Å². The minimum atomic E-state index is 0.213. The summed E-state index contributed by atoms with van der Waals surface area (Å²) in [5.74, 6) is 0. The zero-order valence-electron chi connectivity index (χ0n) is 6.34. The molecule has 1 aliphatic heterocycles. The Kier molecular flexibility index (Phi) is 3.12. The number of rotatable bonds is 3. The highest BCUT2D eigenvalue weighted by atomic mass is 16.5. The van der Waals surface area contributed by atoms with Crippen molar-refractivity contribution in [3.63, 3.8) is 0 Å². The molecule has 0 unspecified atom stereocenters. The lowest BCUT2D eigenvalue weighted by Crippen LogP contribution is -2.31. The number of ether oxygens (including phenoxy) is 1. The maximum Gasteiger partial charge on any atom is 0.0624 e. The fraction of sp³-hybridized carbons (Fsp3) is 1.00. The number of hydrogen-bond donors (Lipinski definition) is 2. The fourth-order valence-corrected chi connectivity index (χ4v) is 1.23. The smallest absolute Gasteiger partial charge is 0.0624 e. The van der Waals surface area contributed by atoms with Crippen molar-refractivity contribution in [2.45, 2.75) is 25.5 Å². The zero-order chi connectivity index (χ0) is 7.40. The average Bonchev–Trinajstić information content (AvgIpc) is 2.31. The molecule has 2 atom stereocenters. The summed E-state index contributed by atoms with van der Waals surface area (Å²) in [6.07, 6.45) is 1.45. The summed E-state index contributed by atoms with van der Waals surface area (Å²) in [6.45, 7) is 3.76. The maximum absolute atomic E-state index is 8.49. The van der Waals surface area contributed by atoms with Gasteiger partial charge in [-0.2, -0.15) is 0 Å². The molecule has 3 heteroatoms. The third-order valence-electron chi connectivity index (χ3n) is 1.74. The van der Waals surface area contributed by atoms with Crippen LogP contribution in [0.1, 0.15) is 13.3 Å². The van der Waals surface area contributed by atoms with Gasteiger partial charge in [-0.3, -0.25) is 0 Å². The van der Waals surface area contributed by atoms with Crippen LogP contribution >= 0.6 is 0 Å². The fourth-order valence-electron chi connectivity index (χ4n) is 1.23. The van der Waals surface area contributed by atoms with Crippen LogP contribution in [0.2, 0.25) is 0 Å². The van der Waals surface area contributed by atoms with E-state index in [1.807, 2.05) is 0 Å². The van der Waals surface area contributed by atoms with Crippen LogP contribution in [0.4, 0.5) is 0 Å². The molecule has 1 rings (SSSR count). The second-order valence-electron chi connectivity index (χ2n) is 2.75. The molecule has 0 saturated carbocycles. The molecule has 0 spiro atoms. The molecule has 1 aliphatic rings. The van der Waals surface area contributed by atoms with Crippen LogP contribution in [-0.4, -0.2) is 37.0 Å². The Hall–Kier alpha value is -0.120. The monoisotopic (exact) mass is 145 g/mol. The highest BCUT2D eigenvalue weighted by Gasteiger charge is 2.20. The lowest BCUT2D eigenvalue weighted by Gasteiger charge is -2.07. The van der Waals surface area contributed by atoms with Crippen LogP contribution in [0.15, 0.2) is 0 Å². The lowest BCUT2D eigenvalue weighted by atomic mass is 10.2. The quantitative estimate of drug-likeness (QED) is 0.575. The van der Waals surface area contributed by atoms with E-state index in [9.17, 15) is 0 Å². The Labute approximate surface area is 61.4 Å². The third-order valence-corrected chi connectivity index (χ3v) is 1.74. The first kappa shape index (κ1) is 7.98. The molecule has 1 heterocycles. The second kappa shape index (κ2) is 3.91. The number of hydrogen-bond acceptors (Lipinski definition) is 3. The van der Waals surface area contributed by atoms with Gasteiger partial charge in [-0.1, -0.05) is 0 Å². The molecule has 10 heavy (non-hydrogen) atoms. The van der Waals surface area contributed by atoms with Gasteiger partial charge in [-0.25, -0.2) is 0 Å². The largest absolute Gasteiger partial charge is 0.395 e. The van der Waals surface area contributed by atoms with Crippen molar-refractivity contribution in [3.8, 4) is 0 Å². The molecule has 0 radical (unpaired) electrons. The van der Waals surface area contributed by atoms with E-state index in [4.69, 9.17) is 9.84 Å². The first-order chi connectivity index (χ1) is 4.83. The minimum absolute atomic E-state index is 0.213. The standard InChI is InChI=1S/C7H15NO2/c1-6-4-7(5-10-6)8-2-3-9/h6-9H,2-5H2,1H3/t6-,7+/m1/s1. The van der Waals surface area contributed by atoms with E-state index in [1.165, 1.54) is 0 Å². The molecule has 0 aromatic heterocycles. The van der Waals surface area contributed by atoms with E-state index in [1.54, 1.807) is 0 Å². The van der Waals surface area contributed by atoms with E-state index in [0.29, 0.717) is 18.7 Å². The molecule has 1 fully saturated rings. The van der Waals surface area contributed by atoms with Crippen LogP contribution in [0.3, 0.4) is 0 Å². The van der Waals surface area contributed by atoms with Crippen LogP contribution in [0.25, 0.3) is 0 Å². The Morgan fingerprint density at radius 1 is 1.70 bits per heavy atom. The predicted molar refractivity (Wildman–Crippen MR) is 38.9 cm³/mol. The highest BCUT2D eigenvalue weighted by molar-refractivity contribution is 4.75. The van der Waals surface area contributed by atoms with E-state index in [2.05, 4.69) is 12.2 Å². The van der Waals surface area contributed by atoms with E-state index in [0.717, 1.165) is 13.0 Å². The molecule has 0 aromatic rings. The summed E-state index contributed by atoms with van der Waals surface area (Å²) in [6, 6.07) is 0.460. The van der Waals surface area contributed by atoms with Crippen LogP contribution < -0.4 is 5.32 Å². The Morgan fingerprint density at radius 3 is 3.00 bits per heavy atom. The van der Waals surface area contributed by atoms with Gasteiger partial charge >= 0.3 is 0 Å². The van der Waals surface area contributed by atoms with Gasteiger partial charge in [0.25, 0.3) is 0 Å². The highest BCUT2D eigenvalue weighted by Crippen LogP contribution is 2.11. The van der Waals surface area contributed by atoms with Crippen LogP contribution in [-0.2, 0) is 4.74 Å². The molecule has 0 aliphatic carbocycles. The summed E-state index contributed by atoms with van der Waals surface area (Å²) in [4.78, 5) is 0. The summed E-state index contributed by atoms with van der Waals surface area (Å²) in [5, 5.41) is 11.7. The van der Waals surface area contributed by atoms with Crippen molar-refractivity contribution in [3.05, 3.63) is 0 Å². The van der Waals surface area contributed by atoms with Gasteiger partial charge < -0.3 is 15.2 Å². The molecule has 60 valence electrons. The van der Waals surface area contributed by atoms with Gasteiger partial charge in [0.2, 0.25) is 0 Å². The van der Waals surface area contributed by atoms with E-state index >= 15 is 0 Å². The van der Waals surface area contributed by atoms with E-state index < -0.39 is 0 Å². The lowest BCUT2D eigenvalue weighted by molar-refractivity contribution is 0.122. The Bertz CT molecular complexity index is 97.6. The molecule has 0 bridgehead atoms. The van der Waals surface area contributed by atoms with Crippen molar-refractivity contribution in [2.75, 3.05) is 19.8 Å². The summed E-state index contributed by atoms with van der Waals surface area (Å²) in [7, 11) is 0. The molecular weight excluding hydrogens is 130 g/mol. The van der Waals surface area contributed by atoms with Crippen molar-refractivity contribution >= 4 is 0 Å². The van der Waals surface area contributed by atoms with Gasteiger partial charge in [0.15, 0.2) is 0 Å². The third kappa shape index (κ3) is 2.25. The minimum Gasteiger partial charge on any atom is -0.395 e. The number of aliphatic hydroxyl groups excluding tert-OH is 1. The van der Waals surface area contributed by atoms with E-state index in [-0.39, 0.29) is 6.61 Å².